The number of aromatic nitrogens is 2. The number of aryl methyl sites for hydroxylation is 1. The van der Waals surface area contributed by atoms with E-state index in [4.69, 9.17) is 0 Å². The van der Waals surface area contributed by atoms with Crippen molar-refractivity contribution in [3.63, 3.8) is 0 Å². The van der Waals surface area contributed by atoms with E-state index in [9.17, 15) is 0 Å². The highest BCUT2D eigenvalue weighted by Gasteiger charge is 1.99. The molecule has 0 radical (unpaired) electrons. The predicted molar refractivity (Wildman–Crippen MR) is 62.8 cm³/mol. The number of nitrogens with one attached hydrogen (secondary N) is 1. The quantitative estimate of drug-likeness (QED) is 0.680. The first-order valence-corrected chi connectivity index (χ1v) is 5.66. The summed E-state index contributed by atoms with van der Waals surface area (Å²) in [5, 5.41) is 3.43. The molecule has 0 atom stereocenters. The lowest BCUT2D eigenvalue weighted by Crippen LogP contribution is -2.29. The van der Waals surface area contributed by atoms with Crippen molar-refractivity contribution in [1.82, 2.24) is 19.8 Å². The van der Waals surface area contributed by atoms with Gasteiger partial charge in [0.05, 0.1) is 12.0 Å². The Balaban J connectivity index is 2.20. The number of nitrogens with zero attached hydrogens (tertiary/aromatic N) is 3. The largest absolute Gasteiger partial charge is 0.334 e. The lowest BCUT2D eigenvalue weighted by atomic mass is 10.4. The molecule has 1 heterocycles. The van der Waals surface area contributed by atoms with Crippen LogP contribution in [0, 0.1) is 0 Å². The summed E-state index contributed by atoms with van der Waals surface area (Å²) in [6.07, 6.45) is 3.81. The van der Waals surface area contributed by atoms with Crippen LogP contribution in [0.2, 0.25) is 0 Å². The van der Waals surface area contributed by atoms with Crippen molar-refractivity contribution in [3.8, 4) is 0 Å². The van der Waals surface area contributed by atoms with Gasteiger partial charge >= 0.3 is 0 Å². The van der Waals surface area contributed by atoms with Crippen molar-refractivity contribution < 1.29 is 0 Å². The molecule has 1 rings (SSSR count). The van der Waals surface area contributed by atoms with Gasteiger partial charge in [-0.15, -0.1) is 0 Å². The van der Waals surface area contributed by atoms with Crippen LogP contribution in [0.4, 0.5) is 0 Å². The molecule has 0 amide bonds. The Labute approximate surface area is 92.3 Å². The summed E-state index contributed by atoms with van der Waals surface area (Å²) in [4.78, 5) is 6.43. The highest BCUT2D eigenvalue weighted by Crippen LogP contribution is 1.97. The summed E-state index contributed by atoms with van der Waals surface area (Å²) in [7, 11) is 2.14. The minimum atomic E-state index is 0.908. The third kappa shape index (κ3) is 4.01. The van der Waals surface area contributed by atoms with Gasteiger partial charge < -0.3 is 14.8 Å². The maximum absolute atomic E-state index is 4.14. The summed E-state index contributed by atoms with van der Waals surface area (Å²) >= 11 is 0. The zero-order chi connectivity index (χ0) is 11.1. The third-order valence-corrected chi connectivity index (χ3v) is 2.66. The summed E-state index contributed by atoms with van der Waals surface area (Å²) in [6, 6.07) is 0. The fraction of sp³-hybridized carbons (Fsp3) is 0.727. The molecule has 0 aliphatic rings. The molecule has 1 aromatic heterocycles. The number of hydrogen-bond donors (Lipinski definition) is 1. The normalized spacial score (nSPS) is 11.2. The van der Waals surface area contributed by atoms with Crippen LogP contribution in [0.1, 0.15) is 19.5 Å². The van der Waals surface area contributed by atoms with E-state index in [2.05, 4.69) is 40.7 Å². The topological polar surface area (TPSA) is 33.1 Å². The van der Waals surface area contributed by atoms with Crippen LogP contribution in [-0.2, 0) is 13.1 Å². The Morgan fingerprint density at radius 2 is 2.27 bits per heavy atom. The number of hydrogen-bond acceptors (Lipinski definition) is 3. The molecule has 0 saturated heterocycles. The van der Waals surface area contributed by atoms with Crippen LogP contribution in [0.5, 0.6) is 0 Å². The Morgan fingerprint density at radius 1 is 1.47 bits per heavy atom. The Morgan fingerprint density at radius 3 is 2.93 bits per heavy atom. The fourth-order valence-corrected chi connectivity index (χ4v) is 1.42. The first kappa shape index (κ1) is 12.2. The maximum Gasteiger partial charge on any atom is 0.0948 e. The van der Waals surface area contributed by atoms with Crippen molar-refractivity contribution in [2.24, 2.45) is 0 Å². The molecule has 0 unspecified atom stereocenters. The van der Waals surface area contributed by atoms with Crippen molar-refractivity contribution in [2.45, 2.75) is 26.9 Å². The van der Waals surface area contributed by atoms with Crippen LogP contribution >= 0.6 is 0 Å². The van der Waals surface area contributed by atoms with Crippen LogP contribution in [-0.4, -0.2) is 41.1 Å². The molecular weight excluding hydrogens is 188 g/mol. The molecule has 0 saturated carbocycles. The lowest BCUT2D eigenvalue weighted by molar-refractivity contribution is 0.348. The SMILES string of the molecule is CCN(C)CCNCc1cncn1CC. The van der Waals surface area contributed by atoms with Crippen molar-refractivity contribution >= 4 is 0 Å². The summed E-state index contributed by atoms with van der Waals surface area (Å²) in [5.74, 6) is 0. The van der Waals surface area contributed by atoms with Gasteiger partial charge in [0.2, 0.25) is 0 Å². The highest BCUT2D eigenvalue weighted by atomic mass is 15.1. The standard InChI is InChI=1S/C11H22N4/c1-4-14(3)7-6-12-8-11-9-13-10-15(11)5-2/h9-10,12H,4-8H2,1-3H3. The second-order valence-electron chi connectivity index (χ2n) is 3.74. The van der Waals surface area contributed by atoms with E-state index < -0.39 is 0 Å². The molecular formula is C11H22N4. The molecule has 4 heteroatoms. The van der Waals surface area contributed by atoms with Gasteiger partial charge in [-0.2, -0.15) is 0 Å². The molecule has 1 aromatic rings. The molecule has 0 aliphatic carbocycles. The van der Waals surface area contributed by atoms with Gasteiger partial charge in [-0.05, 0) is 20.5 Å². The second kappa shape index (κ2) is 6.58. The molecule has 86 valence electrons. The van der Waals surface area contributed by atoms with Crippen molar-refractivity contribution in [2.75, 3.05) is 26.7 Å². The predicted octanol–water partition coefficient (Wildman–Crippen LogP) is 0.944. The summed E-state index contributed by atoms with van der Waals surface area (Å²) < 4.78 is 2.16. The van der Waals surface area contributed by atoms with E-state index in [0.29, 0.717) is 0 Å². The Bertz CT molecular complexity index is 269. The second-order valence-corrected chi connectivity index (χ2v) is 3.74. The van der Waals surface area contributed by atoms with Gasteiger partial charge in [0.15, 0.2) is 0 Å². The zero-order valence-electron chi connectivity index (χ0n) is 10.0. The lowest BCUT2D eigenvalue weighted by Gasteiger charge is -2.14. The van der Waals surface area contributed by atoms with Gasteiger partial charge in [0.1, 0.15) is 0 Å². The summed E-state index contributed by atoms with van der Waals surface area (Å²) in [6.45, 7) is 9.43. The van der Waals surface area contributed by atoms with E-state index in [1.54, 1.807) is 0 Å². The van der Waals surface area contributed by atoms with Crippen LogP contribution in [0.25, 0.3) is 0 Å². The maximum atomic E-state index is 4.14. The summed E-state index contributed by atoms with van der Waals surface area (Å²) in [5.41, 5.74) is 1.26. The van der Waals surface area contributed by atoms with E-state index in [1.165, 1.54) is 5.69 Å². The fourth-order valence-electron chi connectivity index (χ4n) is 1.42. The van der Waals surface area contributed by atoms with Crippen LogP contribution < -0.4 is 5.32 Å². The average Bonchev–Trinajstić information content (AvgIpc) is 2.71. The third-order valence-electron chi connectivity index (χ3n) is 2.66. The smallest absolute Gasteiger partial charge is 0.0948 e. The number of rotatable bonds is 7. The average molecular weight is 210 g/mol. The molecule has 4 nitrogen and oxygen atoms in total. The first-order valence-electron chi connectivity index (χ1n) is 5.66. The number of imidazole rings is 1. The van der Waals surface area contributed by atoms with Crippen LogP contribution in [0.3, 0.4) is 0 Å². The molecule has 0 aliphatic heterocycles. The van der Waals surface area contributed by atoms with Gasteiger partial charge in [0.25, 0.3) is 0 Å². The molecule has 1 N–H and O–H groups in total. The first-order chi connectivity index (χ1) is 7.27. The van der Waals surface area contributed by atoms with E-state index in [1.807, 2.05) is 12.5 Å². The molecule has 0 bridgehead atoms. The van der Waals surface area contributed by atoms with Crippen molar-refractivity contribution in [3.05, 3.63) is 18.2 Å². The highest BCUT2D eigenvalue weighted by molar-refractivity contribution is 4.97. The van der Waals surface area contributed by atoms with Gasteiger partial charge in [0, 0.05) is 32.4 Å². The minimum absolute atomic E-state index is 0.908. The van der Waals surface area contributed by atoms with Gasteiger partial charge in [-0.3, -0.25) is 0 Å². The minimum Gasteiger partial charge on any atom is -0.334 e. The van der Waals surface area contributed by atoms with E-state index in [-0.39, 0.29) is 0 Å². The van der Waals surface area contributed by atoms with E-state index >= 15 is 0 Å². The van der Waals surface area contributed by atoms with Gasteiger partial charge in [-0.1, -0.05) is 6.92 Å². The molecule has 0 spiro atoms. The van der Waals surface area contributed by atoms with Crippen molar-refractivity contribution in [1.29, 1.82) is 0 Å². The monoisotopic (exact) mass is 210 g/mol. The van der Waals surface area contributed by atoms with Crippen LogP contribution in [0.15, 0.2) is 12.5 Å². The zero-order valence-corrected chi connectivity index (χ0v) is 10.0. The molecule has 15 heavy (non-hydrogen) atoms. The number of likely N-dealkylation sites (N-methyl/N-ethyl adjacent to an activating group) is 1. The Hall–Kier alpha value is -0.870. The molecule has 0 fully saturated rings. The Kier molecular flexibility index (Phi) is 5.36. The molecule has 0 aromatic carbocycles. The van der Waals surface area contributed by atoms with Gasteiger partial charge in [-0.25, -0.2) is 4.98 Å². The van der Waals surface area contributed by atoms with E-state index in [0.717, 1.165) is 32.7 Å².